The summed E-state index contributed by atoms with van der Waals surface area (Å²) in [4.78, 5) is 26.5. The number of amides is 2. The molecule has 34 heavy (non-hydrogen) atoms. The van der Waals surface area contributed by atoms with Gasteiger partial charge in [0, 0.05) is 18.7 Å². The maximum absolute atomic E-state index is 12.7. The molecule has 3 rings (SSSR count). The number of aliphatic hydroxyl groups excluding tert-OH is 1. The van der Waals surface area contributed by atoms with Crippen molar-refractivity contribution >= 4 is 11.8 Å². The van der Waals surface area contributed by atoms with Crippen molar-refractivity contribution in [2.24, 2.45) is 0 Å². The van der Waals surface area contributed by atoms with E-state index in [9.17, 15) is 27.9 Å². The average molecular weight is 481 g/mol. The number of aliphatic hydroxyl groups is 1. The number of benzene rings is 1. The Morgan fingerprint density at radius 2 is 2.03 bits per heavy atom. The minimum Gasteiger partial charge on any atom is -0.491 e. The van der Waals surface area contributed by atoms with Crippen LogP contribution in [0, 0.1) is 0 Å². The molecule has 0 saturated carbocycles. The van der Waals surface area contributed by atoms with Crippen molar-refractivity contribution in [2.75, 3.05) is 26.2 Å². The molecule has 0 spiro atoms. The Balaban J connectivity index is 1.81. The Bertz CT molecular complexity index is 1020. The Labute approximate surface area is 194 Å². The molecule has 0 aliphatic carbocycles. The van der Waals surface area contributed by atoms with Crippen LogP contribution in [0.15, 0.2) is 37.1 Å². The number of unbranched alkanes of at least 4 members (excludes halogenated alkanes) is 1. The van der Waals surface area contributed by atoms with Gasteiger partial charge in [0.1, 0.15) is 18.0 Å². The molecular formula is C22H26F3N5O4. The van der Waals surface area contributed by atoms with Crippen LogP contribution in [0.5, 0.6) is 5.75 Å². The number of aromatic nitrogens is 3. The molecule has 0 atom stereocenters. The van der Waals surface area contributed by atoms with E-state index in [4.69, 9.17) is 4.74 Å². The highest BCUT2D eigenvalue weighted by Crippen LogP contribution is 2.25. The number of rotatable bonds is 9. The van der Waals surface area contributed by atoms with Crippen LogP contribution in [0.25, 0.3) is 5.69 Å². The zero-order valence-corrected chi connectivity index (χ0v) is 18.4. The lowest BCUT2D eigenvalue weighted by molar-refractivity contribution is -0.123. The number of halogens is 3. The lowest BCUT2D eigenvalue weighted by atomic mass is 10.1. The number of ether oxygens (including phenoxy) is 1. The minimum atomic E-state index is -4.53. The van der Waals surface area contributed by atoms with Crippen LogP contribution in [0.4, 0.5) is 13.2 Å². The third-order valence-corrected chi connectivity index (χ3v) is 5.19. The van der Waals surface area contributed by atoms with Crippen molar-refractivity contribution in [3.05, 3.63) is 48.3 Å². The first-order valence-corrected chi connectivity index (χ1v) is 10.8. The molecule has 1 fully saturated rings. The summed E-state index contributed by atoms with van der Waals surface area (Å²) in [5.41, 5.74) is 0.447. The first-order chi connectivity index (χ1) is 16.2. The maximum atomic E-state index is 12.7. The lowest BCUT2D eigenvalue weighted by Crippen LogP contribution is -2.40. The number of carbonyl (C=O) groups is 2. The molecule has 1 aliphatic rings. The van der Waals surface area contributed by atoms with E-state index in [-0.39, 0.29) is 29.5 Å². The number of piperidine rings is 1. The number of nitrogens with zero attached hydrogens (tertiary/aromatic N) is 4. The molecule has 2 N–H and O–H groups in total. The van der Waals surface area contributed by atoms with Crippen molar-refractivity contribution in [3.63, 3.8) is 0 Å². The van der Waals surface area contributed by atoms with Crippen LogP contribution in [0.1, 0.15) is 46.5 Å². The molecule has 2 heterocycles. The molecule has 184 valence electrons. The Morgan fingerprint density at radius 1 is 1.29 bits per heavy atom. The molecule has 1 saturated heterocycles. The molecular weight excluding hydrogens is 455 g/mol. The quantitative estimate of drug-likeness (QED) is 0.421. The van der Waals surface area contributed by atoms with E-state index in [1.807, 2.05) is 5.32 Å². The van der Waals surface area contributed by atoms with E-state index in [1.54, 1.807) is 11.0 Å². The fourth-order valence-corrected chi connectivity index (χ4v) is 3.36. The van der Waals surface area contributed by atoms with Gasteiger partial charge in [0.15, 0.2) is 5.69 Å². The number of carbonyl (C=O) groups excluding carboxylic acids is 2. The molecule has 2 aromatic rings. The number of allylic oxidation sites excluding steroid dienone is 1. The molecule has 1 aliphatic heterocycles. The van der Waals surface area contributed by atoms with E-state index in [0.29, 0.717) is 44.5 Å². The summed E-state index contributed by atoms with van der Waals surface area (Å²) in [7, 11) is 0. The van der Waals surface area contributed by atoms with Gasteiger partial charge < -0.3 is 20.1 Å². The highest BCUT2D eigenvalue weighted by Gasteiger charge is 2.28. The molecule has 2 amide bonds. The third kappa shape index (κ3) is 6.80. The summed E-state index contributed by atoms with van der Waals surface area (Å²) in [6.07, 6.45) is 0.481. The summed E-state index contributed by atoms with van der Waals surface area (Å²) in [5, 5.41) is 19.4. The van der Waals surface area contributed by atoms with Crippen molar-refractivity contribution in [3.8, 4) is 11.4 Å². The lowest BCUT2D eigenvalue weighted by Gasteiger charge is -2.28. The second-order valence-electron chi connectivity index (χ2n) is 7.83. The molecule has 9 nitrogen and oxygen atoms in total. The number of hydrogen-bond acceptors (Lipinski definition) is 6. The molecule has 1 aromatic heterocycles. The van der Waals surface area contributed by atoms with Crippen LogP contribution in [0.2, 0.25) is 0 Å². The van der Waals surface area contributed by atoms with E-state index in [1.165, 1.54) is 29.1 Å². The summed E-state index contributed by atoms with van der Waals surface area (Å²) in [5.74, 6) is -1.02. The van der Waals surface area contributed by atoms with Crippen molar-refractivity contribution in [2.45, 2.75) is 38.0 Å². The largest absolute Gasteiger partial charge is 0.491 e. The van der Waals surface area contributed by atoms with Gasteiger partial charge in [-0.1, -0.05) is 11.3 Å². The number of hydrogen-bond donors (Lipinski definition) is 2. The molecule has 12 heteroatoms. The van der Waals surface area contributed by atoms with E-state index < -0.39 is 24.7 Å². The van der Waals surface area contributed by atoms with Crippen LogP contribution in [0.3, 0.4) is 0 Å². The summed E-state index contributed by atoms with van der Waals surface area (Å²) in [6.45, 7) is 3.27. The zero-order chi connectivity index (χ0) is 24.7. The predicted octanol–water partition coefficient (Wildman–Crippen LogP) is 2.50. The topological polar surface area (TPSA) is 110 Å². The highest BCUT2D eigenvalue weighted by atomic mass is 19.4. The van der Waals surface area contributed by atoms with E-state index in [0.717, 1.165) is 0 Å². The van der Waals surface area contributed by atoms with Gasteiger partial charge in [-0.3, -0.25) is 9.59 Å². The van der Waals surface area contributed by atoms with E-state index >= 15 is 0 Å². The van der Waals surface area contributed by atoms with Crippen LogP contribution < -0.4 is 10.1 Å². The normalized spacial score (nSPS) is 14.6. The first-order valence-electron chi connectivity index (χ1n) is 10.8. The van der Waals surface area contributed by atoms with Crippen molar-refractivity contribution in [1.29, 1.82) is 0 Å². The average Bonchev–Trinajstić information content (AvgIpc) is 3.30. The van der Waals surface area contributed by atoms with Gasteiger partial charge in [0.25, 0.3) is 11.8 Å². The SMILES string of the molecule is C=CCCCOc1cc(C(=O)NCC(F)(F)F)ccc1-n1cc(C(=O)N2CCC(O)CC2)nn1. The maximum Gasteiger partial charge on any atom is 0.405 e. The number of nitrogens with one attached hydrogen (secondary N) is 1. The fourth-order valence-electron chi connectivity index (χ4n) is 3.36. The Hall–Kier alpha value is -3.41. The monoisotopic (exact) mass is 481 g/mol. The smallest absolute Gasteiger partial charge is 0.405 e. The summed E-state index contributed by atoms with van der Waals surface area (Å²) < 4.78 is 44.4. The summed E-state index contributed by atoms with van der Waals surface area (Å²) in [6, 6.07) is 4.13. The van der Waals surface area contributed by atoms with Gasteiger partial charge in [-0.15, -0.1) is 11.7 Å². The second-order valence-corrected chi connectivity index (χ2v) is 7.83. The highest BCUT2D eigenvalue weighted by molar-refractivity contribution is 5.95. The van der Waals surface area contributed by atoms with Crippen LogP contribution in [-0.4, -0.2) is 75.3 Å². The predicted molar refractivity (Wildman–Crippen MR) is 116 cm³/mol. The fraction of sp³-hybridized carbons (Fsp3) is 0.455. The zero-order valence-electron chi connectivity index (χ0n) is 18.4. The first kappa shape index (κ1) is 25.2. The number of likely N-dealkylation sites (tertiary alicyclic amines) is 1. The number of alkyl halides is 3. The molecule has 0 bridgehead atoms. The Kier molecular flexibility index (Phi) is 8.26. The van der Waals surface area contributed by atoms with Gasteiger partial charge in [-0.05, 0) is 43.9 Å². The van der Waals surface area contributed by atoms with Gasteiger partial charge in [-0.2, -0.15) is 13.2 Å². The molecule has 0 unspecified atom stereocenters. The van der Waals surface area contributed by atoms with Gasteiger partial charge >= 0.3 is 6.18 Å². The van der Waals surface area contributed by atoms with Gasteiger partial charge in [0.05, 0.1) is 18.9 Å². The second kappa shape index (κ2) is 11.1. The van der Waals surface area contributed by atoms with Crippen molar-refractivity contribution < 1.29 is 32.6 Å². The molecule has 1 aromatic carbocycles. The molecule has 0 radical (unpaired) electrons. The minimum absolute atomic E-state index is 0.0185. The van der Waals surface area contributed by atoms with E-state index in [2.05, 4.69) is 16.9 Å². The van der Waals surface area contributed by atoms with Gasteiger partial charge in [-0.25, -0.2) is 4.68 Å². The van der Waals surface area contributed by atoms with Crippen LogP contribution >= 0.6 is 0 Å². The Morgan fingerprint density at radius 3 is 2.71 bits per heavy atom. The third-order valence-electron chi connectivity index (χ3n) is 5.19. The van der Waals surface area contributed by atoms with Gasteiger partial charge in [0.2, 0.25) is 0 Å². The summed E-state index contributed by atoms with van der Waals surface area (Å²) >= 11 is 0. The van der Waals surface area contributed by atoms with Crippen LogP contribution in [-0.2, 0) is 0 Å². The van der Waals surface area contributed by atoms with Crippen molar-refractivity contribution in [1.82, 2.24) is 25.2 Å². The standard InChI is InChI=1S/C22H26F3N5O4/c1-2-3-4-11-34-19-12-15(20(32)26-14-22(23,24)25)5-6-18(19)30-13-17(27-28-30)21(33)29-9-7-16(31)8-10-29/h2,5-6,12-13,16,31H,1,3-4,7-11,14H2,(H,26,32).